The molecule has 1 aromatic heterocycles. The highest BCUT2D eigenvalue weighted by Crippen LogP contribution is 2.27. The molecule has 1 N–H and O–H groups in total. The van der Waals surface area contributed by atoms with E-state index in [0.717, 1.165) is 55.2 Å². The molecule has 6 rings (SSSR count). The standard InChI is InChI=1S/C32H32FN5O4/c1-21-17-37(25-3-2-4-26(15-25)42-20-24-6-5-22(16-34)13-28(24)33)11-10-36(21)19-31-35-29-8-7-23(32(39)40)14-30(29)38(31)18-27-9-12-41-27/h2-8,13-15,21,27H,9-12,17-20H2,1H3,(H,39,40)/t21-,27-/m0/s1. The summed E-state index contributed by atoms with van der Waals surface area (Å²) >= 11 is 0. The summed E-state index contributed by atoms with van der Waals surface area (Å²) in [7, 11) is 0. The van der Waals surface area contributed by atoms with Crippen molar-refractivity contribution in [3.8, 4) is 11.8 Å². The van der Waals surface area contributed by atoms with Gasteiger partial charge in [-0.15, -0.1) is 0 Å². The molecule has 216 valence electrons. The van der Waals surface area contributed by atoms with E-state index in [9.17, 15) is 14.3 Å². The molecule has 0 bridgehead atoms. The molecule has 0 aliphatic carbocycles. The lowest BCUT2D eigenvalue weighted by atomic mass is 10.1. The first-order chi connectivity index (χ1) is 20.4. The molecule has 10 heteroatoms. The van der Waals surface area contributed by atoms with Crippen molar-refractivity contribution in [2.45, 2.75) is 45.2 Å². The highest BCUT2D eigenvalue weighted by molar-refractivity contribution is 5.92. The van der Waals surface area contributed by atoms with Gasteiger partial charge in [-0.25, -0.2) is 14.2 Å². The molecule has 42 heavy (non-hydrogen) atoms. The lowest BCUT2D eigenvalue weighted by molar-refractivity contribution is -0.0592. The second-order valence-electron chi connectivity index (χ2n) is 10.9. The molecule has 0 amide bonds. The SMILES string of the molecule is C[C@H]1CN(c2cccc(OCc3ccc(C#N)cc3F)c2)CCN1Cc1nc2ccc(C(=O)O)cc2n1C[C@@H]1CCO1. The molecule has 2 fully saturated rings. The highest BCUT2D eigenvalue weighted by atomic mass is 19.1. The number of imidazole rings is 1. The Balaban J connectivity index is 1.13. The number of aromatic carboxylic acids is 1. The number of carboxylic acids is 1. The zero-order chi connectivity index (χ0) is 29.2. The predicted molar refractivity (Wildman–Crippen MR) is 155 cm³/mol. The average molecular weight is 570 g/mol. The number of anilines is 1. The van der Waals surface area contributed by atoms with Crippen LogP contribution in [0.15, 0.2) is 60.7 Å². The molecule has 2 saturated heterocycles. The molecule has 2 atom stereocenters. The van der Waals surface area contributed by atoms with Crippen LogP contribution in [0.2, 0.25) is 0 Å². The molecule has 2 aliphatic rings. The predicted octanol–water partition coefficient (Wildman–Crippen LogP) is 4.82. The first-order valence-corrected chi connectivity index (χ1v) is 14.1. The van der Waals surface area contributed by atoms with E-state index in [1.54, 1.807) is 30.3 Å². The van der Waals surface area contributed by atoms with E-state index in [-0.39, 0.29) is 29.9 Å². The van der Waals surface area contributed by atoms with Crippen LogP contribution in [0.5, 0.6) is 5.75 Å². The largest absolute Gasteiger partial charge is 0.489 e. The van der Waals surface area contributed by atoms with Crippen molar-refractivity contribution in [2.75, 3.05) is 31.1 Å². The first kappa shape index (κ1) is 27.7. The fourth-order valence-electron chi connectivity index (χ4n) is 5.57. The van der Waals surface area contributed by atoms with Crippen LogP contribution in [-0.4, -0.2) is 63.9 Å². The maximum atomic E-state index is 14.3. The summed E-state index contributed by atoms with van der Waals surface area (Å²) in [6.07, 6.45) is 1.10. The Morgan fingerprint density at radius 1 is 1.19 bits per heavy atom. The number of benzene rings is 3. The number of nitrogens with zero attached hydrogens (tertiary/aromatic N) is 5. The summed E-state index contributed by atoms with van der Waals surface area (Å²) in [6, 6.07) is 19.5. The molecule has 0 saturated carbocycles. The van der Waals surface area contributed by atoms with Gasteiger partial charge in [-0.2, -0.15) is 5.26 Å². The van der Waals surface area contributed by atoms with E-state index in [0.29, 0.717) is 24.4 Å². The van der Waals surface area contributed by atoms with Crippen LogP contribution in [0.1, 0.15) is 40.7 Å². The van der Waals surface area contributed by atoms with Gasteiger partial charge in [-0.1, -0.05) is 12.1 Å². The van der Waals surface area contributed by atoms with E-state index in [2.05, 4.69) is 27.4 Å². The van der Waals surface area contributed by atoms with Gasteiger partial charge in [0.1, 0.15) is 24.0 Å². The van der Waals surface area contributed by atoms with Crippen molar-refractivity contribution in [3.05, 3.63) is 89.0 Å². The zero-order valence-electron chi connectivity index (χ0n) is 23.4. The van der Waals surface area contributed by atoms with Crippen molar-refractivity contribution in [2.24, 2.45) is 0 Å². The summed E-state index contributed by atoms with van der Waals surface area (Å²) in [5.41, 5.74) is 3.58. The highest BCUT2D eigenvalue weighted by Gasteiger charge is 2.28. The summed E-state index contributed by atoms with van der Waals surface area (Å²) in [5, 5.41) is 18.5. The van der Waals surface area contributed by atoms with E-state index in [1.807, 2.05) is 24.3 Å². The Morgan fingerprint density at radius 2 is 2.05 bits per heavy atom. The van der Waals surface area contributed by atoms with Gasteiger partial charge >= 0.3 is 5.97 Å². The molecule has 0 spiro atoms. The second-order valence-corrected chi connectivity index (χ2v) is 10.9. The maximum Gasteiger partial charge on any atom is 0.335 e. The molecular formula is C32H32FN5O4. The lowest BCUT2D eigenvalue weighted by Crippen LogP contribution is -2.51. The molecule has 0 radical (unpaired) electrons. The van der Waals surface area contributed by atoms with Crippen LogP contribution in [0, 0.1) is 17.1 Å². The minimum Gasteiger partial charge on any atom is -0.489 e. The minimum absolute atomic E-state index is 0.0754. The number of nitriles is 1. The number of ether oxygens (including phenoxy) is 2. The van der Waals surface area contributed by atoms with Gasteiger partial charge in [0.25, 0.3) is 0 Å². The minimum atomic E-state index is -0.952. The third-order valence-electron chi connectivity index (χ3n) is 8.12. The smallest absolute Gasteiger partial charge is 0.335 e. The zero-order valence-corrected chi connectivity index (χ0v) is 23.4. The van der Waals surface area contributed by atoms with E-state index in [1.165, 1.54) is 6.07 Å². The van der Waals surface area contributed by atoms with Crippen molar-refractivity contribution >= 4 is 22.7 Å². The fraction of sp³-hybridized carbons (Fsp3) is 0.344. The molecule has 4 aromatic rings. The van der Waals surface area contributed by atoms with Crippen LogP contribution in [0.25, 0.3) is 11.0 Å². The molecule has 2 aliphatic heterocycles. The normalized spacial score (nSPS) is 18.9. The van der Waals surface area contributed by atoms with Crippen LogP contribution < -0.4 is 9.64 Å². The van der Waals surface area contributed by atoms with Crippen molar-refractivity contribution < 1.29 is 23.8 Å². The number of piperazine rings is 1. The third kappa shape index (κ3) is 5.79. The molecule has 3 heterocycles. The van der Waals surface area contributed by atoms with Gasteiger partial charge in [-0.3, -0.25) is 4.90 Å². The van der Waals surface area contributed by atoms with Crippen molar-refractivity contribution in [3.63, 3.8) is 0 Å². The molecular weight excluding hydrogens is 537 g/mol. The van der Waals surface area contributed by atoms with Crippen LogP contribution in [0.3, 0.4) is 0 Å². The van der Waals surface area contributed by atoms with Crippen molar-refractivity contribution in [1.82, 2.24) is 14.5 Å². The van der Waals surface area contributed by atoms with Gasteiger partial charge in [0.05, 0.1) is 47.4 Å². The van der Waals surface area contributed by atoms with E-state index < -0.39 is 11.8 Å². The van der Waals surface area contributed by atoms with E-state index >= 15 is 0 Å². The summed E-state index contributed by atoms with van der Waals surface area (Å²) in [6.45, 7) is 6.78. The van der Waals surface area contributed by atoms with Gasteiger partial charge in [0.15, 0.2) is 0 Å². The van der Waals surface area contributed by atoms with Crippen LogP contribution >= 0.6 is 0 Å². The van der Waals surface area contributed by atoms with Gasteiger partial charge in [-0.05, 0) is 55.8 Å². The maximum absolute atomic E-state index is 14.3. The number of rotatable bonds is 9. The molecule has 9 nitrogen and oxygen atoms in total. The van der Waals surface area contributed by atoms with Gasteiger partial charge in [0, 0.05) is 49.6 Å². The number of halogens is 1. The summed E-state index contributed by atoms with van der Waals surface area (Å²) in [5.74, 6) is 0.158. The van der Waals surface area contributed by atoms with E-state index in [4.69, 9.17) is 19.7 Å². The summed E-state index contributed by atoms with van der Waals surface area (Å²) in [4.78, 5) is 21.2. The molecule has 3 aromatic carbocycles. The third-order valence-corrected chi connectivity index (χ3v) is 8.12. The van der Waals surface area contributed by atoms with Gasteiger partial charge < -0.3 is 24.0 Å². The van der Waals surface area contributed by atoms with Crippen molar-refractivity contribution in [1.29, 1.82) is 5.26 Å². The second kappa shape index (κ2) is 11.8. The number of carboxylic acid groups (broad SMARTS) is 1. The Bertz CT molecular complexity index is 1660. The number of hydrogen-bond donors (Lipinski definition) is 1. The lowest BCUT2D eigenvalue weighted by Gasteiger charge is -2.41. The topological polar surface area (TPSA) is 104 Å². The molecule has 0 unspecified atom stereocenters. The number of carbonyl (C=O) groups is 1. The number of aromatic nitrogens is 2. The first-order valence-electron chi connectivity index (χ1n) is 14.1. The number of hydrogen-bond acceptors (Lipinski definition) is 7. The average Bonchev–Trinajstić information content (AvgIpc) is 3.31. The Hall–Kier alpha value is -4.46. The monoisotopic (exact) mass is 569 g/mol. The number of fused-ring (bicyclic) bond motifs is 1. The Kier molecular flexibility index (Phi) is 7.78. The van der Waals surface area contributed by atoms with Crippen LogP contribution in [-0.2, 0) is 24.4 Å². The van der Waals surface area contributed by atoms with Gasteiger partial charge in [0.2, 0.25) is 0 Å². The quantitative estimate of drug-likeness (QED) is 0.306. The summed E-state index contributed by atoms with van der Waals surface area (Å²) < 4.78 is 28.0. The fourth-order valence-corrected chi connectivity index (χ4v) is 5.57. The Labute approximate surface area is 243 Å². The Morgan fingerprint density at radius 3 is 2.76 bits per heavy atom. The van der Waals surface area contributed by atoms with Crippen LogP contribution in [0.4, 0.5) is 10.1 Å².